The highest BCUT2D eigenvalue weighted by Crippen LogP contribution is 2.32. The predicted molar refractivity (Wildman–Crippen MR) is 163 cm³/mol. The lowest BCUT2D eigenvalue weighted by molar-refractivity contribution is 0.0838. The van der Waals surface area contributed by atoms with E-state index < -0.39 is 0 Å². The molecule has 6 unspecified atom stereocenters. The van der Waals surface area contributed by atoms with Gasteiger partial charge in [0.2, 0.25) is 0 Å². The molecule has 2 saturated heterocycles. The summed E-state index contributed by atoms with van der Waals surface area (Å²) >= 11 is 0. The molecule has 0 aromatic rings. The molecular weight excluding hydrogens is 576 g/mol. The van der Waals surface area contributed by atoms with Gasteiger partial charge in [-0.2, -0.15) is 0 Å². The Bertz CT molecular complexity index is 979. The molecule has 196 valence electrons. The molecule has 0 aromatic heterocycles. The first-order valence-electron chi connectivity index (χ1n) is 12.8. The van der Waals surface area contributed by atoms with Crippen molar-refractivity contribution in [1.82, 2.24) is 19.6 Å². The maximum Gasteiger partial charge on any atom is 0.0716 e. The zero-order valence-corrected chi connectivity index (χ0v) is 25.8. The van der Waals surface area contributed by atoms with Gasteiger partial charge in [0.25, 0.3) is 0 Å². The monoisotopic (exact) mass is 616 g/mol. The molecule has 0 bridgehead atoms. The van der Waals surface area contributed by atoms with E-state index in [0.717, 1.165) is 13.1 Å². The lowest BCUT2D eigenvalue weighted by Crippen LogP contribution is -2.59. The highest BCUT2D eigenvalue weighted by Gasteiger charge is 2.38. The Morgan fingerprint density at radius 3 is 1.17 bits per heavy atom. The van der Waals surface area contributed by atoms with Crippen molar-refractivity contribution in [2.75, 3.05) is 13.1 Å². The molecule has 6 aliphatic heterocycles. The minimum atomic E-state index is 0. The molecule has 4 nitrogen and oxygen atoms in total. The summed E-state index contributed by atoms with van der Waals surface area (Å²) in [5.74, 6) is 0. The quantitative estimate of drug-likeness (QED) is 0.307. The molecule has 0 saturated carbocycles. The summed E-state index contributed by atoms with van der Waals surface area (Å²) in [5, 5.41) is 0. The Balaban J connectivity index is 0.000000190. The van der Waals surface area contributed by atoms with Crippen LogP contribution in [0.4, 0.5) is 0 Å². The first-order valence-corrected chi connectivity index (χ1v) is 12.8. The molecule has 2 fully saturated rings. The summed E-state index contributed by atoms with van der Waals surface area (Å²) in [7, 11) is 0. The smallest absolute Gasteiger partial charge is 0.0716 e. The second-order valence-electron chi connectivity index (χ2n) is 10.9. The molecule has 0 amide bonds. The maximum absolute atomic E-state index is 2.50. The molecule has 6 heterocycles. The molecule has 0 N–H and O–H groups in total. The van der Waals surface area contributed by atoms with Gasteiger partial charge in [0.15, 0.2) is 0 Å². The predicted octanol–water partition coefficient (Wildman–Crippen LogP) is 6.51. The third-order valence-corrected chi connectivity index (χ3v) is 7.93. The average Bonchev–Trinajstić information content (AvgIpc) is 2.80. The largest absolute Gasteiger partial charge is 0.367 e. The van der Waals surface area contributed by atoms with Crippen LogP contribution < -0.4 is 0 Å². The van der Waals surface area contributed by atoms with Crippen molar-refractivity contribution in [2.45, 2.75) is 77.8 Å². The summed E-state index contributed by atoms with van der Waals surface area (Å²) < 4.78 is 0. The molecule has 6 rings (SSSR count). The van der Waals surface area contributed by atoms with E-state index in [9.17, 15) is 0 Å². The fraction of sp³-hybridized carbons (Fsp3) is 0.467. The van der Waals surface area contributed by atoms with Crippen LogP contribution in [-0.4, -0.2) is 68.9 Å². The molecule has 0 radical (unpaired) electrons. The van der Waals surface area contributed by atoms with E-state index in [4.69, 9.17) is 0 Å². The summed E-state index contributed by atoms with van der Waals surface area (Å²) in [6.45, 7) is 15.6. The fourth-order valence-corrected chi connectivity index (χ4v) is 6.08. The zero-order chi connectivity index (χ0) is 24.0. The third kappa shape index (κ3) is 5.65. The van der Waals surface area contributed by atoms with E-state index in [1.54, 1.807) is 0 Å². The van der Waals surface area contributed by atoms with E-state index in [1.807, 2.05) is 0 Å². The van der Waals surface area contributed by atoms with Gasteiger partial charge in [-0.3, -0.25) is 0 Å². The molecular formula is C30H42Br2N4. The number of allylic oxidation sites excluding steroid dienone is 8. The van der Waals surface area contributed by atoms with Crippen LogP contribution in [0.5, 0.6) is 0 Å². The second-order valence-corrected chi connectivity index (χ2v) is 10.9. The van der Waals surface area contributed by atoms with Crippen molar-refractivity contribution < 1.29 is 0 Å². The highest BCUT2D eigenvalue weighted by atomic mass is 79.9. The number of rotatable bonds is 0. The maximum atomic E-state index is 2.50. The lowest BCUT2D eigenvalue weighted by Gasteiger charge is -2.51. The van der Waals surface area contributed by atoms with Crippen LogP contribution in [-0.2, 0) is 0 Å². The van der Waals surface area contributed by atoms with Crippen LogP contribution in [0.2, 0.25) is 0 Å². The number of nitrogens with zero attached hydrogens (tertiary/aromatic N) is 4. The zero-order valence-electron chi connectivity index (χ0n) is 22.4. The standard InChI is InChI=1S/2C15H20N2.2BrH/c2*1-11-4-6-16-10-13(3)17-7-5-12(2)9-15(17)14(16)8-11;;/h2*4-9,13-15H,10H2,1-3H3;2*1H. The van der Waals surface area contributed by atoms with Crippen LogP contribution in [0.1, 0.15) is 41.5 Å². The van der Waals surface area contributed by atoms with Gasteiger partial charge in [0.1, 0.15) is 0 Å². The Hall–Kier alpha value is -1.92. The first-order chi connectivity index (χ1) is 16.3. The number of hydrogen-bond acceptors (Lipinski definition) is 4. The topological polar surface area (TPSA) is 13.0 Å². The Labute approximate surface area is 239 Å². The van der Waals surface area contributed by atoms with E-state index in [0.29, 0.717) is 36.3 Å². The number of fused-ring (bicyclic) bond motifs is 6. The summed E-state index contributed by atoms with van der Waals surface area (Å²) in [6, 6.07) is 3.13. The molecule has 0 aliphatic carbocycles. The summed E-state index contributed by atoms with van der Waals surface area (Å²) in [4.78, 5) is 9.94. The minimum Gasteiger partial charge on any atom is -0.367 e. The number of hydrogen-bond donors (Lipinski definition) is 0. The summed E-state index contributed by atoms with van der Waals surface area (Å²) in [5.41, 5.74) is 5.50. The van der Waals surface area contributed by atoms with Crippen molar-refractivity contribution in [3.63, 3.8) is 0 Å². The van der Waals surface area contributed by atoms with Crippen LogP contribution >= 0.6 is 34.0 Å². The summed E-state index contributed by atoms with van der Waals surface area (Å²) in [6.07, 6.45) is 27.5. The van der Waals surface area contributed by atoms with Gasteiger partial charge in [-0.1, -0.05) is 46.6 Å². The van der Waals surface area contributed by atoms with Gasteiger partial charge in [-0.15, -0.1) is 34.0 Å². The van der Waals surface area contributed by atoms with Gasteiger partial charge < -0.3 is 19.6 Å². The van der Waals surface area contributed by atoms with E-state index in [1.165, 1.54) is 22.3 Å². The van der Waals surface area contributed by atoms with Crippen molar-refractivity contribution in [1.29, 1.82) is 0 Å². The van der Waals surface area contributed by atoms with Crippen LogP contribution in [0.25, 0.3) is 0 Å². The van der Waals surface area contributed by atoms with Gasteiger partial charge in [-0.05, 0) is 65.8 Å². The van der Waals surface area contributed by atoms with Crippen LogP contribution in [0.3, 0.4) is 0 Å². The Morgan fingerprint density at radius 1 is 0.500 bits per heavy atom. The Kier molecular flexibility index (Phi) is 9.26. The van der Waals surface area contributed by atoms with Crippen molar-refractivity contribution in [2.24, 2.45) is 0 Å². The molecule has 6 aliphatic rings. The van der Waals surface area contributed by atoms with E-state index in [2.05, 4.69) is 135 Å². The van der Waals surface area contributed by atoms with E-state index in [-0.39, 0.29) is 34.0 Å². The average molecular weight is 619 g/mol. The van der Waals surface area contributed by atoms with Crippen LogP contribution in [0, 0.1) is 0 Å². The number of piperazine rings is 2. The third-order valence-electron chi connectivity index (χ3n) is 7.93. The van der Waals surface area contributed by atoms with E-state index >= 15 is 0 Å². The van der Waals surface area contributed by atoms with Gasteiger partial charge >= 0.3 is 0 Å². The van der Waals surface area contributed by atoms with Crippen molar-refractivity contribution >= 4 is 34.0 Å². The second kappa shape index (κ2) is 11.6. The Morgan fingerprint density at radius 2 is 0.806 bits per heavy atom. The van der Waals surface area contributed by atoms with Crippen LogP contribution in [0.15, 0.2) is 95.7 Å². The van der Waals surface area contributed by atoms with Crippen molar-refractivity contribution in [3.8, 4) is 0 Å². The van der Waals surface area contributed by atoms with Crippen molar-refractivity contribution in [3.05, 3.63) is 95.7 Å². The SMILES string of the molecule is Br.Br.CC1=CC2C3C=C(C)C=CN3C(C)CN2C=C1.CC1=CC2C3C=C(C)C=CN3C(C)CN2C=C1. The number of halogens is 2. The van der Waals surface area contributed by atoms with Gasteiger partial charge in [0, 0.05) is 50.0 Å². The van der Waals surface area contributed by atoms with Gasteiger partial charge in [-0.25, -0.2) is 0 Å². The highest BCUT2D eigenvalue weighted by molar-refractivity contribution is 8.93. The normalized spacial score (nSPS) is 33.2. The minimum absolute atomic E-state index is 0. The molecule has 6 heteroatoms. The first kappa shape index (κ1) is 28.6. The molecule has 0 spiro atoms. The fourth-order valence-electron chi connectivity index (χ4n) is 6.08. The molecule has 36 heavy (non-hydrogen) atoms. The lowest BCUT2D eigenvalue weighted by atomic mass is 9.91. The molecule has 6 atom stereocenters. The molecule has 0 aromatic carbocycles. The van der Waals surface area contributed by atoms with Gasteiger partial charge in [0.05, 0.1) is 24.2 Å².